The molecule has 0 radical (unpaired) electrons. The van der Waals surface area contributed by atoms with Crippen molar-refractivity contribution in [3.63, 3.8) is 0 Å². The van der Waals surface area contributed by atoms with Crippen LogP contribution >= 0.6 is 11.3 Å². The molecule has 1 unspecified atom stereocenters. The van der Waals surface area contributed by atoms with Crippen molar-refractivity contribution in [2.75, 3.05) is 12.3 Å². The highest BCUT2D eigenvalue weighted by atomic mass is 32.1. The fraction of sp³-hybridized carbons (Fsp3) is 0.333. The first kappa shape index (κ1) is 14.1. The molecule has 1 aliphatic rings. The van der Waals surface area contributed by atoms with Crippen LogP contribution in [0.15, 0.2) is 18.2 Å². The Balaban J connectivity index is 1.46. The van der Waals surface area contributed by atoms with Crippen molar-refractivity contribution in [3.05, 3.63) is 35.4 Å². The number of aromatic nitrogens is 4. The number of anilines is 1. The average molecular weight is 328 g/mol. The smallest absolute Gasteiger partial charge is 0.252 e. The van der Waals surface area contributed by atoms with Crippen molar-refractivity contribution in [1.82, 2.24) is 25.1 Å². The zero-order chi connectivity index (χ0) is 16.0. The minimum Gasteiger partial charge on any atom is -0.375 e. The summed E-state index contributed by atoms with van der Waals surface area (Å²) in [4.78, 5) is 16.7. The fourth-order valence-corrected chi connectivity index (χ4v) is 3.85. The van der Waals surface area contributed by atoms with Gasteiger partial charge in [-0.05, 0) is 19.1 Å². The van der Waals surface area contributed by atoms with Gasteiger partial charge in [-0.3, -0.25) is 4.79 Å². The summed E-state index contributed by atoms with van der Waals surface area (Å²) >= 11 is 1.34. The molecule has 0 bridgehead atoms. The zero-order valence-corrected chi connectivity index (χ0v) is 13.4. The molecule has 0 saturated carbocycles. The number of carbonyl (C=O) groups excluding carboxylic acids is 1. The molecule has 8 heteroatoms. The highest BCUT2D eigenvalue weighted by Crippen LogP contribution is 2.27. The first-order valence-corrected chi connectivity index (χ1v) is 8.25. The molecule has 4 rings (SSSR count). The molecule has 23 heavy (non-hydrogen) atoms. The molecule has 1 atom stereocenters. The molecule has 1 amide bonds. The number of fused-ring (bicyclic) bond motifs is 2. The normalized spacial score (nSPS) is 16.7. The van der Waals surface area contributed by atoms with Crippen molar-refractivity contribution in [3.8, 4) is 0 Å². The van der Waals surface area contributed by atoms with Gasteiger partial charge in [0.2, 0.25) is 0 Å². The first-order chi connectivity index (χ1) is 11.1. The van der Waals surface area contributed by atoms with Crippen LogP contribution in [-0.4, -0.2) is 32.2 Å². The molecule has 3 heterocycles. The second kappa shape index (κ2) is 5.31. The Morgan fingerprint density at radius 1 is 1.48 bits per heavy atom. The third-order valence-corrected chi connectivity index (χ3v) is 5.09. The van der Waals surface area contributed by atoms with E-state index in [1.807, 2.05) is 25.1 Å². The van der Waals surface area contributed by atoms with E-state index in [0.29, 0.717) is 23.2 Å². The van der Waals surface area contributed by atoms with Crippen LogP contribution in [0.3, 0.4) is 0 Å². The summed E-state index contributed by atoms with van der Waals surface area (Å²) in [5.41, 5.74) is 7.14. The van der Waals surface area contributed by atoms with E-state index < -0.39 is 0 Å². The second-order valence-electron chi connectivity index (χ2n) is 5.76. The summed E-state index contributed by atoms with van der Waals surface area (Å²) in [6, 6.07) is 5.50. The third kappa shape index (κ3) is 2.44. The molecule has 1 aromatic carbocycles. The summed E-state index contributed by atoms with van der Waals surface area (Å²) in [6.45, 7) is 3.42. The van der Waals surface area contributed by atoms with Gasteiger partial charge in [0, 0.05) is 25.4 Å². The lowest BCUT2D eigenvalue weighted by Crippen LogP contribution is -2.30. The van der Waals surface area contributed by atoms with Crippen LogP contribution in [-0.2, 0) is 13.0 Å². The van der Waals surface area contributed by atoms with E-state index in [1.54, 1.807) is 0 Å². The van der Waals surface area contributed by atoms with Gasteiger partial charge in [0.15, 0.2) is 5.13 Å². The van der Waals surface area contributed by atoms with E-state index in [1.165, 1.54) is 11.3 Å². The predicted octanol–water partition coefficient (Wildman–Crippen LogP) is 1.38. The molecule has 2 aromatic heterocycles. The number of hydrogen-bond donors (Lipinski definition) is 2. The molecule has 0 fully saturated rings. The summed E-state index contributed by atoms with van der Waals surface area (Å²) in [5.74, 6) is 2.20. The highest BCUT2D eigenvalue weighted by Gasteiger charge is 2.25. The molecule has 0 spiro atoms. The quantitative estimate of drug-likeness (QED) is 0.757. The van der Waals surface area contributed by atoms with Crippen LogP contribution in [0.4, 0.5) is 5.13 Å². The second-order valence-corrected chi connectivity index (χ2v) is 6.79. The topological polar surface area (TPSA) is 98.7 Å². The standard InChI is InChI=1S/C15H16N6OS/c1-8-19-20-12-5-9(7-21(8)12)6-17-14(22)10-3-2-4-11-13(10)23-15(16)18-11/h2-4,9H,5-7H2,1H3,(H2,16,18)(H,17,22). The summed E-state index contributed by atoms with van der Waals surface area (Å²) in [6.07, 6.45) is 0.846. The molecule has 118 valence electrons. The fourth-order valence-electron chi connectivity index (χ4n) is 3.01. The number of amides is 1. The maximum atomic E-state index is 12.5. The van der Waals surface area contributed by atoms with E-state index in [9.17, 15) is 4.79 Å². The number of rotatable bonds is 3. The number of carbonyl (C=O) groups is 1. The van der Waals surface area contributed by atoms with E-state index in [2.05, 4.69) is 25.1 Å². The van der Waals surface area contributed by atoms with E-state index in [0.717, 1.165) is 34.8 Å². The molecule has 0 saturated heterocycles. The van der Waals surface area contributed by atoms with Crippen LogP contribution in [0, 0.1) is 12.8 Å². The Labute approximate surface area is 136 Å². The average Bonchev–Trinajstić information content (AvgIpc) is 3.19. The molecule has 7 nitrogen and oxygen atoms in total. The van der Waals surface area contributed by atoms with Gasteiger partial charge in [-0.25, -0.2) is 4.98 Å². The number of nitrogens with one attached hydrogen (secondary N) is 1. The van der Waals surface area contributed by atoms with Crippen molar-refractivity contribution in [2.24, 2.45) is 5.92 Å². The van der Waals surface area contributed by atoms with Crippen molar-refractivity contribution < 1.29 is 4.79 Å². The summed E-state index contributed by atoms with van der Waals surface area (Å²) in [5, 5.41) is 11.7. The Morgan fingerprint density at radius 3 is 3.17 bits per heavy atom. The van der Waals surface area contributed by atoms with Crippen LogP contribution in [0.25, 0.3) is 10.2 Å². The molecular weight excluding hydrogens is 312 g/mol. The predicted molar refractivity (Wildman–Crippen MR) is 88.3 cm³/mol. The van der Waals surface area contributed by atoms with Crippen molar-refractivity contribution in [2.45, 2.75) is 19.9 Å². The van der Waals surface area contributed by atoms with Crippen molar-refractivity contribution in [1.29, 1.82) is 0 Å². The summed E-state index contributed by atoms with van der Waals surface area (Å²) < 4.78 is 2.95. The molecule has 3 N–H and O–H groups in total. The van der Waals surface area contributed by atoms with Crippen LogP contribution < -0.4 is 11.1 Å². The highest BCUT2D eigenvalue weighted by molar-refractivity contribution is 7.22. The van der Waals surface area contributed by atoms with Gasteiger partial charge in [-0.1, -0.05) is 17.4 Å². The van der Waals surface area contributed by atoms with Crippen molar-refractivity contribution >= 4 is 32.6 Å². The third-order valence-electron chi connectivity index (χ3n) is 4.15. The van der Waals surface area contributed by atoms with Gasteiger partial charge in [0.1, 0.15) is 11.6 Å². The van der Waals surface area contributed by atoms with Gasteiger partial charge in [0.25, 0.3) is 5.91 Å². The Morgan fingerprint density at radius 2 is 2.35 bits per heavy atom. The van der Waals surface area contributed by atoms with Gasteiger partial charge in [-0.2, -0.15) is 0 Å². The summed E-state index contributed by atoms with van der Waals surface area (Å²) in [7, 11) is 0. The van der Waals surface area contributed by atoms with Crippen LogP contribution in [0.2, 0.25) is 0 Å². The number of hydrogen-bond acceptors (Lipinski definition) is 6. The largest absolute Gasteiger partial charge is 0.375 e. The minimum atomic E-state index is -0.0846. The number of nitrogen functional groups attached to an aromatic ring is 1. The lowest BCUT2D eigenvalue weighted by atomic mass is 10.1. The Kier molecular flexibility index (Phi) is 3.26. The van der Waals surface area contributed by atoms with Gasteiger partial charge in [0.05, 0.1) is 15.8 Å². The monoisotopic (exact) mass is 328 g/mol. The molecule has 1 aliphatic heterocycles. The molecule has 0 aliphatic carbocycles. The van der Waals surface area contributed by atoms with E-state index in [4.69, 9.17) is 5.73 Å². The first-order valence-electron chi connectivity index (χ1n) is 7.43. The molecule has 3 aromatic rings. The number of nitrogens with zero attached hydrogens (tertiary/aromatic N) is 4. The minimum absolute atomic E-state index is 0.0846. The lowest BCUT2D eigenvalue weighted by Gasteiger charge is -2.11. The van der Waals surface area contributed by atoms with E-state index >= 15 is 0 Å². The number of thiazole rings is 1. The molecular formula is C15H16N6OS. The maximum absolute atomic E-state index is 12.5. The Bertz CT molecular complexity index is 899. The Hall–Kier alpha value is -2.48. The maximum Gasteiger partial charge on any atom is 0.252 e. The number of benzene rings is 1. The number of aryl methyl sites for hydroxylation is 1. The van der Waals surface area contributed by atoms with Gasteiger partial charge in [-0.15, -0.1) is 10.2 Å². The van der Waals surface area contributed by atoms with Crippen LogP contribution in [0.1, 0.15) is 22.0 Å². The van der Waals surface area contributed by atoms with Gasteiger partial charge >= 0.3 is 0 Å². The SMILES string of the molecule is Cc1nnc2n1CC(CNC(=O)c1cccc3nc(N)sc13)C2. The lowest BCUT2D eigenvalue weighted by molar-refractivity contribution is 0.0948. The zero-order valence-electron chi connectivity index (χ0n) is 12.6. The van der Waals surface area contributed by atoms with Crippen LogP contribution in [0.5, 0.6) is 0 Å². The van der Waals surface area contributed by atoms with Gasteiger partial charge < -0.3 is 15.6 Å². The van der Waals surface area contributed by atoms with E-state index in [-0.39, 0.29) is 5.91 Å². The number of nitrogens with two attached hydrogens (primary N) is 1.